The van der Waals surface area contributed by atoms with Gasteiger partial charge in [-0.25, -0.2) is 0 Å². The second-order valence-electron chi connectivity index (χ2n) is 6.10. The summed E-state index contributed by atoms with van der Waals surface area (Å²) < 4.78 is 5.63. The van der Waals surface area contributed by atoms with Crippen LogP contribution in [0.1, 0.15) is 36.0 Å². The van der Waals surface area contributed by atoms with Gasteiger partial charge in [-0.05, 0) is 37.7 Å². The summed E-state index contributed by atoms with van der Waals surface area (Å²) in [5.74, 6) is 0.440. The molecule has 1 heterocycles. The van der Waals surface area contributed by atoms with Crippen molar-refractivity contribution in [1.29, 1.82) is 0 Å². The molecule has 1 unspecified atom stereocenters. The van der Waals surface area contributed by atoms with Gasteiger partial charge in [0.05, 0.1) is 11.0 Å². The molecule has 22 heavy (non-hydrogen) atoms. The van der Waals surface area contributed by atoms with Crippen molar-refractivity contribution in [2.75, 3.05) is 19.7 Å². The monoisotopic (exact) mass is 304 g/mol. The number of non-ortho nitro benzene ring substituents is 1. The lowest BCUT2D eigenvalue weighted by Gasteiger charge is -2.25. The van der Waals surface area contributed by atoms with Crippen molar-refractivity contribution in [3.05, 3.63) is 39.9 Å². The maximum Gasteiger partial charge on any atom is 0.270 e. The van der Waals surface area contributed by atoms with E-state index in [-0.39, 0.29) is 17.7 Å². The van der Waals surface area contributed by atoms with E-state index < -0.39 is 4.92 Å². The van der Waals surface area contributed by atoms with Crippen LogP contribution in [0.2, 0.25) is 0 Å². The van der Waals surface area contributed by atoms with Crippen LogP contribution in [-0.4, -0.2) is 41.5 Å². The Balaban J connectivity index is 1.74. The Kier molecular flexibility index (Phi) is 4.38. The minimum atomic E-state index is -0.470. The second kappa shape index (κ2) is 6.44. The van der Waals surface area contributed by atoms with Gasteiger partial charge in [-0.15, -0.1) is 0 Å². The summed E-state index contributed by atoms with van der Waals surface area (Å²) in [6.45, 7) is 2.06. The fourth-order valence-electron chi connectivity index (χ4n) is 2.82. The average Bonchev–Trinajstić information content (AvgIpc) is 3.19. The molecule has 0 spiro atoms. The Morgan fingerprint density at radius 2 is 2.14 bits per heavy atom. The van der Waals surface area contributed by atoms with Crippen LogP contribution in [0.4, 0.5) is 5.69 Å². The van der Waals surface area contributed by atoms with Crippen LogP contribution >= 0.6 is 0 Å². The predicted molar refractivity (Wildman–Crippen MR) is 80.7 cm³/mol. The number of carbonyl (C=O) groups is 1. The molecule has 2 fully saturated rings. The van der Waals surface area contributed by atoms with Crippen molar-refractivity contribution < 1.29 is 14.5 Å². The van der Waals surface area contributed by atoms with Gasteiger partial charge in [0.15, 0.2) is 0 Å². The maximum atomic E-state index is 12.7. The molecule has 0 radical (unpaired) electrons. The lowest BCUT2D eigenvalue weighted by molar-refractivity contribution is -0.384. The van der Waals surface area contributed by atoms with E-state index in [1.165, 1.54) is 12.1 Å². The normalized spacial score (nSPS) is 20.8. The minimum Gasteiger partial charge on any atom is -0.376 e. The highest BCUT2D eigenvalue weighted by Gasteiger charge is 2.30. The first-order chi connectivity index (χ1) is 10.6. The third-order valence-electron chi connectivity index (χ3n) is 4.21. The van der Waals surface area contributed by atoms with Gasteiger partial charge >= 0.3 is 0 Å². The topological polar surface area (TPSA) is 72.7 Å². The fourth-order valence-corrected chi connectivity index (χ4v) is 2.82. The second-order valence-corrected chi connectivity index (χ2v) is 6.10. The van der Waals surface area contributed by atoms with Crippen LogP contribution in [0.15, 0.2) is 24.3 Å². The van der Waals surface area contributed by atoms with E-state index in [0.717, 1.165) is 38.8 Å². The molecule has 0 bridgehead atoms. The van der Waals surface area contributed by atoms with Gasteiger partial charge in [0.25, 0.3) is 11.6 Å². The van der Waals surface area contributed by atoms with Crippen LogP contribution in [0.25, 0.3) is 0 Å². The van der Waals surface area contributed by atoms with E-state index >= 15 is 0 Å². The Hall–Kier alpha value is -1.95. The van der Waals surface area contributed by atoms with Crippen molar-refractivity contribution in [2.24, 2.45) is 5.92 Å². The molecule has 1 amide bonds. The summed E-state index contributed by atoms with van der Waals surface area (Å²) in [6.07, 6.45) is 4.42. The zero-order valence-corrected chi connectivity index (χ0v) is 12.4. The van der Waals surface area contributed by atoms with Crippen LogP contribution in [0, 0.1) is 16.0 Å². The first-order valence-electron chi connectivity index (χ1n) is 7.79. The van der Waals surface area contributed by atoms with E-state index in [4.69, 9.17) is 4.74 Å². The number of hydrogen-bond acceptors (Lipinski definition) is 4. The number of carbonyl (C=O) groups excluding carboxylic acids is 1. The molecule has 6 nitrogen and oxygen atoms in total. The highest BCUT2D eigenvalue weighted by Crippen LogP contribution is 2.31. The minimum absolute atomic E-state index is 0.0469. The fraction of sp³-hybridized carbons (Fsp3) is 0.562. The molecule has 3 rings (SSSR count). The summed E-state index contributed by atoms with van der Waals surface area (Å²) in [4.78, 5) is 24.9. The number of nitro benzene ring substituents is 1. The van der Waals surface area contributed by atoms with Crippen LogP contribution in [-0.2, 0) is 4.74 Å². The Labute approximate surface area is 129 Å². The number of ether oxygens (including phenoxy) is 1. The molecule has 0 aromatic heterocycles. The number of nitrogens with zero attached hydrogens (tertiary/aromatic N) is 2. The van der Waals surface area contributed by atoms with Crippen LogP contribution in [0.3, 0.4) is 0 Å². The van der Waals surface area contributed by atoms with Crippen molar-refractivity contribution >= 4 is 11.6 Å². The molecule has 1 atom stereocenters. The number of rotatable bonds is 6. The molecule has 2 aliphatic rings. The van der Waals surface area contributed by atoms with E-state index in [9.17, 15) is 14.9 Å². The molecular weight excluding hydrogens is 284 g/mol. The largest absolute Gasteiger partial charge is 0.376 e. The van der Waals surface area contributed by atoms with Crippen LogP contribution < -0.4 is 0 Å². The third-order valence-corrected chi connectivity index (χ3v) is 4.21. The third kappa shape index (κ3) is 3.62. The van der Waals surface area contributed by atoms with Crippen molar-refractivity contribution in [2.45, 2.75) is 31.8 Å². The van der Waals surface area contributed by atoms with Gasteiger partial charge in [0.2, 0.25) is 0 Å². The number of amides is 1. The van der Waals surface area contributed by atoms with Gasteiger partial charge in [-0.3, -0.25) is 14.9 Å². The van der Waals surface area contributed by atoms with E-state index in [2.05, 4.69) is 0 Å². The lowest BCUT2D eigenvalue weighted by atomic mass is 10.1. The number of benzene rings is 1. The Morgan fingerprint density at radius 3 is 2.77 bits per heavy atom. The van der Waals surface area contributed by atoms with Crippen molar-refractivity contribution in [3.8, 4) is 0 Å². The summed E-state index contributed by atoms with van der Waals surface area (Å²) in [6, 6.07) is 5.97. The molecule has 1 aliphatic carbocycles. The zero-order chi connectivity index (χ0) is 15.5. The first-order valence-corrected chi connectivity index (χ1v) is 7.79. The summed E-state index contributed by atoms with van der Waals surface area (Å²) in [7, 11) is 0. The SMILES string of the molecule is O=C(c1cccc([N+](=O)[O-])c1)N(CC1CC1)CC1CCCO1. The van der Waals surface area contributed by atoms with Gasteiger partial charge in [0.1, 0.15) is 0 Å². The molecule has 6 heteroatoms. The van der Waals surface area contributed by atoms with Crippen molar-refractivity contribution in [3.63, 3.8) is 0 Å². The Bertz CT molecular complexity index is 565. The molecule has 1 aromatic carbocycles. The molecule has 118 valence electrons. The smallest absolute Gasteiger partial charge is 0.270 e. The average molecular weight is 304 g/mol. The Morgan fingerprint density at radius 1 is 1.32 bits per heavy atom. The summed E-state index contributed by atoms with van der Waals surface area (Å²) in [5.41, 5.74) is 0.335. The predicted octanol–water partition coefficient (Wildman–Crippen LogP) is 2.63. The van der Waals surface area contributed by atoms with Gasteiger partial charge in [-0.2, -0.15) is 0 Å². The van der Waals surface area contributed by atoms with Gasteiger partial charge < -0.3 is 9.64 Å². The quantitative estimate of drug-likeness (QED) is 0.598. The van der Waals surface area contributed by atoms with E-state index in [0.29, 0.717) is 18.0 Å². The summed E-state index contributed by atoms with van der Waals surface area (Å²) in [5, 5.41) is 10.9. The highest BCUT2D eigenvalue weighted by molar-refractivity contribution is 5.94. The van der Waals surface area contributed by atoms with Gasteiger partial charge in [-0.1, -0.05) is 6.07 Å². The molecule has 1 saturated carbocycles. The lowest BCUT2D eigenvalue weighted by Crippen LogP contribution is -2.38. The highest BCUT2D eigenvalue weighted by atomic mass is 16.6. The first kappa shape index (κ1) is 15.0. The molecule has 1 saturated heterocycles. The summed E-state index contributed by atoms with van der Waals surface area (Å²) >= 11 is 0. The maximum absolute atomic E-state index is 12.7. The standard InChI is InChI=1S/C16H20N2O4/c19-16(13-3-1-4-14(9-13)18(20)21)17(10-12-6-7-12)11-15-5-2-8-22-15/h1,3-4,9,12,15H,2,5-8,10-11H2. The van der Waals surface area contributed by atoms with Crippen LogP contribution in [0.5, 0.6) is 0 Å². The van der Waals surface area contributed by atoms with Crippen molar-refractivity contribution in [1.82, 2.24) is 4.90 Å². The van der Waals surface area contributed by atoms with Gasteiger partial charge in [0, 0.05) is 37.4 Å². The zero-order valence-electron chi connectivity index (χ0n) is 12.4. The molecule has 0 N–H and O–H groups in total. The molecule has 1 aromatic rings. The number of hydrogen-bond donors (Lipinski definition) is 0. The van der Waals surface area contributed by atoms with E-state index in [1.807, 2.05) is 4.90 Å². The number of nitro groups is 1. The molecular formula is C16H20N2O4. The van der Waals surface area contributed by atoms with E-state index in [1.54, 1.807) is 12.1 Å². The molecule has 1 aliphatic heterocycles.